The van der Waals surface area contributed by atoms with Crippen LogP contribution < -0.4 is 10.6 Å². The van der Waals surface area contributed by atoms with Crippen molar-refractivity contribution in [3.05, 3.63) is 60.2 Å². The molecule has 1 aliphatic rings. The maximum absolute atomic E-state index is 14.9. The highest BCUT2D eigenvalue weighted by Gasteiger charge is 2.27. The molecule has 0 bridgehead atoms. The zero-order chi connectivity index (χ0) is 29.3. The predicted molar refractivity (Wildman–Crippen MR) is 159 cm³/mol. The molecule has 1 aliphatic heterocycles. The number of anilines is 3. The van der Waals surface area contributed by atoms with Crippen LogP contribution in [0.3, 0.4) is 0 Å². The average Bonchev–Trinajstić information content (AvgIpc) is 3.37. The number of hydrogen-bond donors (Lipinski definition) is 3. The molecular formula is C29H34FN7O3S. The van der Waals surface area contributed by atoms with Gasteiger partial charge in [0.15, 0.2) is 15.7 Å². The lowest BCUT2D eigenvalue weighted by Gasteiger charge is -2.36. The SMILES string of the molecule is CCC(C(=O)Nc1cccc2c(-c3nc(Nc4cccc(S(C)(=O)=O)c4F)ncc3C)c[nH]c12)N1CCN(C)CC1. The molecule has 10 nitrogen and oxygen atoms in total. The van der Waals surface area contributed by atoms with E-state index in [0.29, 0.717) is 17.8 Å². The van der Waals surface area contributed by atoms with Crippen molar-refractivity contribution in [1.29, 1.82) is 0 Å². The van der Waals surface area contributed by atoms with Gasteiger partial charge in [0.25, 0.3) is 0 Å². The molecule has 2 aromatic carbocycles. The minimum atomic E-state index is -3.75. The van der Waals surface area contributed by atoms with Crippen LogP contribution in [0.15, 0.2) is 53.7 Å². The maximum Gasteiger partial charge on any atom is 0.241 e. The third kappa shape index (κ3) is 5.95. The van der Waals surface area contributed by atoms with E-state index in [1.54, 1.807) is 6.20 Å². The number of likely N-dealkylation sites (N-methyl/N-ethyl adjacent to an activating group) is 1. The van der Waals surface area contributed by atoms with Gasteiger partial charge in [-0.3, -0.25) is 9.69 Å². The van der Waals surface area contributed by atoms with E-state index in [2.05, 4.69) is 42.4 Å². The van der Waals surface area contributed by atoms with E-state index in [9.17, 15) is 17.6 Å². The first-order chi connectivity index (χ1) is 19.6. The van der Waals surface area contributed by atoms with E-state index in [0.717, 1.165) is 54.5 Å². The molecule has 1 saturated heterocycles. The summed E-state index contributed by atoms with van der Waals surface area (Å²) < 4.78 is 38.8. The summed E-state index contributed by atoms with van der Waals surface area (Å²) in [5.74, 6) is -0.814. The summed E-state index contributed by atoms with van der Waals surface area (Å²) in [5, 5.41) is 6.80. The van der Waals surface area contributed by atoms with E-state index in [4.69, 9.17) is 0 Å². The highest BCUT2D eigenvalue weighted by Crippen LogP contribution is 2.34. The molecule has 1 unspecified atom stereocenters. The standard InChI is InChI=1S/C29H34FN7O3S/c1-5-23(37-14-12-36(3)13-15-37)28(38)33-22-10-6-8-19-20(17-31-27(19)22)26-18(2)16-32-29(35-26)34-21-9-7-11-24(25(21)30)41(4,39)40/h6-11,16-17,23,31H,5,12-15H2,1-4H3,(H,33,38)(H,32,34,35). The molecule has 5 rings (SSSR count). The molecule has 3 N–H and O–H groups in total. The number of nitrogens with one attached hydrogen (secondary N) is 3. The fourth-order valence-electron chi connectivity index (χ4n) is 5.20. The monoisotopic (exact) mass is 579 g/mol. The van der Waals surface area contributed by atoms with Crippen LogP contribution in [0.25, 0.3) is 22.2 Å². The Morgan fingerprint density at radius 1 is 1.12 bits per heavy atom. The van der Waals surface area contributed by atoms with Crippen LogP contribution in [-0.2, 0) is 14.6 Å². The number of rotatable bonds is 8. The Morgan fingerprint density at radius 2 is 1.83 bits per heavy atom. The van der Waals surface area contributed by atoms with Gasteiger partial charge < -0.3 is 20.5 Å². The zero-order valence-electron chi connectivity index (χ0n) is 23.5. The van der Waals surface area contributed by atoms with Gasteiger partial charge in [0.1, 0.15) is 4.90 Å². The highest BCUT2D eigenvalue weighted by molar-refractivity contribution is 7.90. The molecule has 0 spiro atoms. The summed E-state index contributed by atoms with van der Waals surface area (Å²) in [4.78, 5) is 29.7. The van der Waals surface area contributed by atoms with E-state index >= 15 is 0 Å². The lowest BCUT2D eigenvalue weighted by Crippen LogP contribution is -2.52. The summed E-state index contributed by atoms with van der Waals surface area (Å²) in [7, 11) is -1.65. The second kappa shape index (κ2) is 11.6. The quantitative estimate of drug-likeness (QED) is 0.284. The molecule has 3 heterocycles. The number of para-hydroxylation sites is 1. The first kappa shape index (κ1) is 28.7. The van der Waals surface area contributed by atoms with Crippen molar-refractivity contribution in [2.45, 2.75) is 31.2 Å². The lowest BCUT2D eigenvalue weighted by atomic mass is 10.1. The Labute approximate surface area is 238 Å². The van der Waals surface area contributed by atoms with Gasteiger partial charge in [0.05, 0.1) is 28.6 Å². The highest BCUT2D eigenvalue weighted by atomic mass is 32.2. The molecule has 1 amide bonds. The third-order valence-corrected chi connectivity index (χ3v) is 8.59. The van der Waals surface area contributed by atoms with Crippen LogP contribution in [0, 0.1) is 12.7 Å². The van der Waals surface area contributed by atoms with Gasteiger partial charge in [-0.2, -0.15) is 0 Å². The number of amides is 1. The summed E-state index contributed by atoms with van der Waals surface area (Å²) in [5.41, 5.74) is 3.59. The zero-order valence-corrected chi connectivity index (χ0v) is 24.3. The number of sulfone groups is 1. The van der Waals surface area contributed by atoms with Crippen molar-refractivity contribution in [2.24, 2.45) is 0 Å². The summed E-state index contributed by atoms with van der Waals surface area (Å²) >= 11 is 0. The largest absolute Gasteiger partial charge is 0.359 e. The number of aromatic nitrogens is 3. The predicted octanol–water partition coefficient (Wildman–Crippen LogP) is 4.18. The maximum atomic E-state index is 14.9. The van der Waals surface area contributed by atoms with E-state index in [-0.39, 0.29) is 23.6 Å². The number of benzene rings is 2. The fourth-order valence-corrected chi connectivity index (χ4v) is 5.96. The number of piperazine rings is 1. The first-order valence-electron chi connectivity index (χ1n) is 13.5. The Morgan fingerprint density at radius 3 is 2.54 bits per heavy atom. The molecule has 1 fully saturated rings. The number of hydrogen-bond acceptors (Lipinski definition) is 8. The van der Waals surface area contributed by atoms with Crippen LogP contribution in [0.2, 0.25) is 0 Å². The van der Waals surface area contributed by atoms with E-state index < -0.39 is 20.5 Å². The third-order valence-electron chi connectivity index (χ3n) is 7.48. The van der Waals surface area contributed by atoms with Crippen molar-refractivity contribution >= 4 is 44.0 Å². The molecular weight excluding hydrogens is 545 g/mol. The summed E-state index contributed by atoms with van der Waals surface area (Å²) in [6.07, 6.45) is 5.11. The molecule has 1 atom stereocenters. The normalized spacial score (nSPS) is 15.6. The number of nitrogens with zero attached hydrogens (tertiary/aromatic N) is 4. The van der Waals surface area contributed by atoms with Gasteiger partial charge in [0.2, 0.25) is 11.9 Å². The van der Waals surface area contributed by atoms with Crippen molar-refractivity contribution in [3.63, 3.8) is 0 Å². The van der Waals surface area contributed by atoms with E-state index in [1.165, 1.54) is 18.2 Å². The Hall–Kier alpha value is -3.87. The van der Waals surface area contributed by atoms with Gasteiger partial charge in [-0.1, -0.05) is 25.1 Å². The molecule has 41 heavy (non-hydrogen) atoms. The van der Waals surface area contributed by atoms with Crippen LogP contribution in [0.4, 0.5) is 21.7 Å². The minimum absolute atomic E-state index is 0.0382. The lowest BCUT2D eigenvalue weighted by molar-refractivity contribution is -0.122. The van der Waals surface area contributed by atoms with Crippen LogP contribution in [-0.4, -0.2) is 84.6 Å². The minimum Gasteiger partial charge on any atom is -0.359 e. The number of fused-ring (bicyclic) bond motifs is 1. The second-order valence-corrected chi connectivity index (χ2v) is 12.4. The Bertz CT molecular complexity index is 1700. The van der Waals surface area contributed by atoms with Crippen molar-refractivity contribution < 1.29 is 17.6 Å². The van der Waals surface area contributed by atoms with Gasteiger partial charge in [-0.25, -0.2) is 22.8 Å². The van der Waals surface area contributed by atoms with Crippen molar-refractivity contribution in [3.8, 4) is 11.3 Å². The number of aromatic amines is 1. The van der Waals surface area contributed by atoms with Gasteiger partial charge in [-0.05, 0) is 44.2 Å². The fraction of sp³-hybridized carbons (Fsp3) is 0.345. The second-order valence-electron chi connectivity index (χ2n) is 10.4. The molecule has 216 valence electrons. The van der Waals surface area contributed by atoms with Crippen LogP contribution in [0.5, 0.6) is 0 Å². The number of H-pyrrole nitrogens is 1. The Balaban J connectivity index is 1.43. The molecule has 4 aromatic rings. The van der Waals surface area contributed by atoms with Gasteiger partial charge >= 0.3 is 0 Å². The van der Waals surface area contributed by atoms with Gasteiger partial charge in [0, 0.05) is 55.8 Å². The van der Waals surface area contributed by atoms with Gasteiger partial charge in [-0.15, -0.1) is 0 Å². The summed E-state index contributed by atoms with van der Waals surface area (Å²) in [6.45, 7) is 7.48. The molecule has 0 radical (unpaired) electrons. The first-order valence-corrected chi connectivity index (χ1v) is 15.4. The van der Waals surface area contributed by atoms with E-state index in [1.807, 2.05) is 38.2 Å². The number of carbonyl (C=O) groups is 1. The number of aryl methyl sites for hydroxylation is 1. The van der Waals surface area contributed by atoms with Crippen molar-refractivity contribution in [1.82, 2.24) is 24.8 Å². The summed E-state index contributed by atoms with van der Waals surface area (Å²) in [6, 6.07) is 9.58. The van der Waals surface area contributed by atoms with Crippen molar-refractivity contribution in [2.75, 3.05) is 50.1 Å². The smallest absolute Gasteiger partial charge is 0.241 e. The molecule has 2 aromatic heterocycles. The molecule has 12 heteroatoms. The van der Waals surface area contributed by atoms with Crippen LogP contribution >= 0.6 is 0 Å². The topological polar surface area (TPSA) is 123 Å². The molecule has 0 aliphatic carbocycles. The average molecular weight is 580 g/mol. The molecule has 0 saturated carbocycles. The Kier molecular flexibility index (Phi) is 8.07. The van der Waals surface area contributed by atoms with Crippen LogP contribution in [0.1, 0.15) is 18.9 Å². The number of halogens is 1. The number of carbonyl (C=O) groups excluding carboxylic acids is 1.